The fourth-order valence-corrected chi connectivity index (χ4v) is 4.73. The minimum absolute atomic E-state index is 0.0653. The van der Waals surface area contributed by atoms with Crippen LogP contribution in [0.3, 0.4) is 0 Å². The van der Waals surface area contributed by atoms with Gasteiger partial charge in [-0.2, -0.15) is 0 Å². The molecule has 0 unspecified atom stereocenters. The molecule has 2 aliphatic rings. The Morgan fingerprint density at radius 1 is 1.06 bits per heavy atom. The molecule has 1 saturated heterocycles. The Hall–Kier alpha value is -3.39. The van der Waals surface area contributed by atoms with Gasteiger partial charge in [0.25, 0.3) is 5.91 Å². The lowest BCUT2D eigenvalue weighted by Crippen LogP contribution is -2.52. The number of carboxylic acid groups (broad SMARTS) is 1. The van der Waals surface area contributed by atoms with Crippen molar-refractivity contribution in [1.82, 2.24) is 10.6 Å². The third-order valence-corrected chi connectivity index (χ3v) is 6.32. The quantitative estimate of drug-likeness (QED) is 0.550. The van der Waals surface area contributed by atoms with Gasteiger partial charge in [-0.15, -0.1) is 0 Å². The summed E-state index contributed by atoms with van der Waals surface area (Å²) in [5.41, 5.74) is 4.51. The second-order valence-corrected chi connectivity index (χ2v) is 9.19. The second-order valence-electron chi connectivity index (χ2n) is 9.19. The topological polar surface area (TPSA) is 114 Å². The standard InChI is InChI=1S/C26H30N2O6/c1-15(2)13-22(25(30)31)27-24(29)23-21(11-12-33-23)28-26(32)34-14-20-18-9-5-3-7-16(18)17-8-4-6-10-19(17)20/h3-10,15,20-23H,11-14H2,1-2H3,(H,27,29)(H,28,32)(H,30,31)/t21-,22+,23+/m1/s1. The second kappa shape index (κ2) is 10.3. The summed E-state index contributed by atoms with van der Waals surface area (Å²) in [4.78, 5) is 36.8. The first-order chi connectivity index (χ1) is 16.3. The van der Waals surface area contributed by atoms with Gasteiger partial charge in [0.15, 0.2) is 6.10 Å². The van der Waals surface area contributed by atoms with E-state index in [0.29, 0.717) is 12.8 Å². The molecule has 0 saturated carbocycles. The fraction of sp³-hybridized carbons (Fsp3) is 0.423. The minimum atomic E-state index is -1.10. The zero-order valence-corrected chi connectivity index (χ0v) is 19.3. The lowest BCUT2D eigenvalue weighted by molar-refractivity contribution is -0.144. The predicted molar refractivity (Wildman–Crippen MR) is 125 cm³/mol. The molecular formula is C26H30N2O6. The van der Waals surface area contributed by atoms with Crippen LogP contribution in [0.2, 0.25) is 0 Å². The van der Waals surface area contributed by atoms with Crippen molar-refractivity contribution in [3.8, 4) is 11.1 Å². The summed E-state index contributed by atoms with van der Waals surface area (Å²) in [6.07, 6.45) is -0.857. The van der Waals surface area contributed by atoms with Gasteiger partial charge in [-0.1, -0.05) is 62.4 Å². The summed E-state index contributed by atoms with van der Waals surface area (Å²) in [6.45, 7) is 4.22. The van der Waals surface area contributed by atoms with Crippen LogP contribution < -0.4 is 10.6 Å². The molecule has 3 N–H and O–H groups in total. The number of fused-ring (bicyclic) bond motifs is 3. The van der Waals surface area contributed by atoms with Gasteiger partial charge in [-0.05, 0) is 41.0 Å². The van der Waals surface area contributed by atoms with Gasteiger partial charge in [-0.3, -0.25) is 4.79 Å². The number of carbonyl (C=O) groups excluding carboxylic acids is 2. The number of benzene rings is 2. The van der Waals surface area contributed by atoms with Gasteiger partial charge >= 0.3 is 12.1 Å². The van der Waals surface area contributed by atoms with E-state index in [1.54, 1.807) is 0 Å². The van der Waals surface area contributed by atoms with Crippen molar-refractivity contribution in [2.75, 3.05) is 13.2 Å². The van der Waals surface area contributed by atoms with Crippen LogP contribution in [0.1, 0.15) is 43.7 Å². The van der Waals surface area contributed by atoms with Crippen LogP contribution in [0.5, 0.6) is 0 Å². The van der Waals surface area contributed by atoms with Crippen molar-refractivity contribution in [2.45, 2.75) is 50.8 Å². The van der Waals surface area contributed by atoms with E-state index < -0.39 is 36.2 Å². The number of hydrogen-bond acceptors (Lipinski definition) is 5. The summed E-state index contributed by atoms with van der Waals surface area (Å²) < 4.78 is 11.1. The lowest BCUT2D eigenvalue weighted by Gasteiger charge is -2.23. The molecule has 0 radical (unpaired) electrons. The number of rotatable bonds is 8. The highest BCUT2D eigenvalue weighted by molar-refractivity contribution is 5.87. The SMILES string of the molecule is CC(C)C[C@H](NC(=O)[C@H]1OCC[C@H]1NC(=O)OCC1c2ccccc2-c2ccccc21)C(=O)O. The van der Waals surface area contributed by atoms with Gasteiger partial charge in [0.2, 0.25) is 0 Å². The highest BCUT2D eigenvalue weighted by Gasteiger charge is 2.38. The summed E-state index contributed by atoms with van der Waals surface area (Å²) in [5.74, 6) is -1.61. The zero-order valence-electron chi connectivity index (χ0n) is 19.3. The summed E-state index contributed by atoms with van der Waals surface area (Å²) in [5, 5.41) is 14.7. The first-order valence-corrected chi connectivity index (χ1v) is 11.6. The summed E-state index contributed by atoms with van der Waals surface area (Å²) >= 11 is 0. The number of ether oxygens (including phenoxy) is 2. The third kappa shape index (κ3) is 5.07. The van der Waals surface area contributed by atoms with Crippen molar-refractivity contribution in [3.63, 3.8) is 0 Å². The zero-order chi connectivity index (χ0) is 24.2. The fourth-order valence-electron chi connectivity index (χ4n) is 4.73. The maximum atomic E-state index is 12.7. The Labute approximate surface area is 198 Å². The van der Waals surface area contributed by atoms with Gasteiger partial charge in [0.1, 0.15) is 12.6 Å². The molecule has 8 nitrogen and oxygen atoms in total. The number of carbonyl (C=O) groups is 3. The monoisotopic (exact) mass is 466 g/mol. The highest BCUT2D eigenvalue weighted by Crippen LogP contribution is 2.44. The molecule has 2 aromatic rings. The van der Waals surface area contributed by atoms with Gasteiger partial charge in [0.05, 0.1) is 6.04 Å². The molecule has 34 heavy (non-hydrogen) atoms. The average Bonchev–Trinajstić information content (AvgIpc) is 3.39. The Bertz CT molecular complexity index is 1020. The number of alkyl carbamates (subject to hydrolysis) is 1. The molecule has 2 amide bonds. The van der Waals surface area contributed by atoms with Crippen LogP contribution in [-0.4, -0.2) is 54.5 Å². The average molecular weight is 467 g/mol. The Morgan fingerprint density at radius 3 is 2.26 bits per heavy atom. The van der Waals surface area contributed by atoms with Crippen LogP contribution in [0.15, 0.2) is 48.5 Å². The van der Waals surface area contributed by atoms with Crippen molar-refractivity contribution in [2.24, 2.45) is 5.92 Å². The molecule has 180 valence electrons. The first kappa shape index (κ1) is 23.8. The first-order valence-electron chi connectivity index (χ1n) is 11.6. The molecule has 4 rings (SSSR count). The molecule has 8 heteroatoms. The Kier molecular flexibility index (Phi) is 7.17. The number of nitrogens with one attached hydrogen (secondary N) is 2. The molecule has 0 aromatic heterocycles. The van der Waals surface area contributed by atoms with E-state index in [9.17, 15) is 19.5 Å². The molecule has 3 atom stereocenters. The number of amides is 2. The van der Waals surface area contributed by atoms with Crippen molar-refractivity contribution >= 4 is 18.0 Å². The van der Waals surface area contributed by atoms with Crippen LogP contribution in [0.25, 0.3) is 11.1 Å². The molecule has 2 aromatic carbocycles. The Balaban J connectivity index is 1.36. The van der Waals surface area contributed by atoms with Crippen molar-refractivity contribution < 1.29 is 29.0 Å². The molecule has 1 aliphatic carbocycles. The van der Waals surface area contributed by atoms with Crippen LogP contribution in [0, 0.1) is 5.92 Å². The molecular weight excluding hydrogens is 436 g/mol. The van der Waals surface area contributed by atoms with E-state index >= 15 is 0 Å². The van der Waals surface area contributed by atoms with E-state index in [2.05, 4.69) is 22.8 Å². The maximum Gasteiger partial charge on any atom is 0.407 e. The molecule has 1 heterocycles. The van der Waals surface area contributed by atoms with Gasteiger partial charge < -0.3 is 25.2 Å². The predicted octanol–water partition coefficient (Wildman–Crippen LogP) is 3.30. The molecule has 1 fully saturated rings. The van der Waals surface area contributed by atoms with Crippen LogP contribution in [0.4, 0.5) is 4.79 Å². The van der Waals surface area contributed by atoms with Crippen LogP contribution >= 0.6 is 0 Å². The minimum Gasteiger partial charge on any atom is -0.480 e. The van der Waals surface area contributed by atoms with E-state index in [0.717, 1.165) is 22.3 Å². The normalized spacial score (nSPS) is 19.9. The van der Waals surface area contributed by atoms with E-state index in [1.165, 1.54) is 0 Å². The van der Waals surface area contributed by atoms with E-state index in [-0.39, 0.29) is 25.0 Å². The lowest BCUT2D eigenvalue weighted by atomic mass is 9.98. The summed E-state index contributed by atoms with van der Waals surface area (Å²) in [6, 6.07) is 14.6. The molecule has 1 aliphatic heterocycles. The van der Waals surface area contributed by atoms with Crippen molar-refractivity contribution in [3.05, 3.63) is 59.7 Å². The number of hydrogen-bond donors (Lipinski definition) is 3. The highest BCUT2D eigenvalue weighted by atomic mass is 16.6. The number of carboxylic acids is 1. The van der Waals surface area contributed by atoms with Crippen LogP contribution in [-0.2, 0) is 19.1 Å². The summed E-state index contributed by atoms with van der Waals surface area (Å²) in [7, 11) is 0. The largest absolute Gasteiger partial charge is 0.480 e. The molecule has 0 spiro atoms. The van der Waals surface area contributed by atoms with Gasteiger partial charge in [-0.25, -0.2) is 9.59 Å². The van der Waals surface area contributed by atoms with Crippen molar-refractivity contribution in [1.29, 1.82) is 0 Å². The van der Waals surface area contributed by atoms with E-state index in [4.69, 9.17) is 9.47 Å². The maximum absolute atomic E-state index is 12.7. The van der Waals surface area contributed by atoms with Gasteiger partial charge in [0, 0.05) is 12.5 Å². The Morgan fingerprint density at radius 2 is 1.68 bits per heavy atom. The number of aliphatic carboxylic acids is 1. The third-order valence-electron chi connectivity index (χ3n) is 6.32. The van der Waals surface area contributed by atoms with E-state index in [1.807, 2.05) is 50.2 Å². The molecule has 0 bridgehead atoms. The smallest absolute Gasteiger partial charge is 0.407 e.